The van der Waals surface area contributed by atoms with Crippen molar-refractivity contribution in [3.63, 3.8) is 0 Å². The van der Waals surface area contributed by atoms with Gasteiger partial charge in [0.1, 0.15) is 12.0 Å². The zero-order valence-corrected chi connectivity index (χ0v) is 15.6. The van der Waals surface area contributed by atoms with Gasteiger partial charge in [-0.3, -0.25) is 4.79 Å². The maximum atomic E-state index is 12.1. The number of carbonyl (C=O) groups excluding carboxylic acids is 1. The van der Waals surface area contributed by atoms with Crippen LogP contribution in [0.3, 0.4) is 0 Å². The van der Waals surface area contributed by atoms with Gasteiger partial charge >= 0.3 is 0 Å². The molecule has 27 heavy (non-hydrogen) atoms. The number of aldehydes is 1. The summed E-state index contributed by atoms with van der Waals surface area (Å²) >= 11 is 0. The Morgan fingerprint density at radius 1 is 1.11 bits per heavy atom. The van der Waals surface area contributed by atoms with E-state index >= 15 is 0 Å². The number of benzene rings is 2. The number of hydrogen-bond donors (Lipinski definition) is 0. The molecule has 1 atom stereocenters. The molecule has 0 saturated carbocycles. The van der Waals surface area contributed by atoms with Crippen LogP contribution in [0.4, 0.5) is 0 Å². The molecule has 3 aromatic rings. The monoisotopic (exact) mass is 358 g/mol. The number of hydrogen-bond acceptors (Lipinski definition) is 3. The van der Waals surface area contributed by atoms with E-state index in [0.717, 1.165) is 34.5 Å². The van der Waals surface area contributed by atoms with Crippen molar-refractivity contribution in [3.05, 3.63) is 88.8 Å². The number of allylic oxidation sites excluding steroid dienone is 1. The van der Waals surface area contributed by atoms with Crippen LogP contribution in [0.2, 0.25) is 0 Å². The van der Waals surface area contributed by atoms with Crippen molar-refractivity contribution >= 4 is 12.0 Å². The van der Waals surface area contributed by atoms with Gasteiger partial charge in [-0.25, -0.2) is 4.68 Å². The Balaban J connectivity index is 1.94. The van der Waals surface area contributed by atoms with E-state index in [0.29, 0.717) is 24.4 Å². The molecule has 1 unspecified atom stereocenters. The lowest BCUT2D eigenvalue weighted by Crippen LogP contribution is -2.19. The zero-order valence-electron chi connectivity index (χ0n) is 15.6. The van der Waals surface area contributed by atoms with E-state index in [-0.39, 0.29) is 5.92 Å². The van der Waals surface area contributed by atoms with Gasteiger partial charge in [0.15, 0.2) is 0 Å². The molecule has 4 rings (SSSR count). The fraction of sp³-hybridized carbons (Fsp3) is 0.217. The van der Waals surface area contributed by atoms with Gasteiger partial charge in [-0.1, -0.05) is 48.5 Å². The van der Waals surface area contributed by atoms with Gasteiger partial charge in [0.2, 0.25) is 0 Å². The zero-order chi connectivity index (χ0) is 18.8. The highest BCUT2D eigenvalue weighted by atomic mass is 16.5. The van der Waals surface area contributed by atoms with E-state index in [1.165, 1.54) is 0 Å². The number of aromatic nitrogens is 2. The minimum absolute atomic E-state index is 0.0451. The van der Waals surface area contributed by atoms with Crippen molar-refractivity contribution in [3.8, 4) is 5.69 Å². The second-order valence-electron chi connectivity index (χ2n) is 6.66. The van der Waals surface area contributed by atoms with Gasteiger partial charge < -0.3 is 4.74 Å². The van der Waals surface area contributed by atoms with Crippen LogP contribution in [0.25, 0.3) is 11.4 Å². The number of carbonyl (C=O) groups is 1. The number of fused-ring (bicyclic) bond motifs is 1. The lowest BCUT2D eigenvalue weighted by molar-refractivity contribution is -0.105. The molecule has 1 aromatic heterocycles. The summed E-state index contributed by atoms with van der Waals surface area (Å²) in [5.74, 6) is 0.624. The number of ether oxygens (including phenoxy) is 1. The Labute approximate surface area is 159 Å². The maximum Gasteiger partial charge on any atom is 0.150 e. The Hall–Kier alpha value is -3.14. The highest BCUT2D eigenvalue weighted by molar-refractivity contribution is 5.90. The Morgan fingerprint density at radius 3 is 2.41 bits per heavy atom. The fourth-order valence-corrected chi connectivity index (χ4v) is 3.87. The second kappa shape index (κ2) is 7.23. The molecule has 0 aliphatic heterocycles. The highest BCUT2D eigenvalue weighted by Gasteiger charge is 2.34. The Kier molecular flexibility index (Phi) is 4.63. The van der Waals surface area contributed by atoms with Gasteiger partial charge in [0, 0.05) is 17.9 Å². The van der Waals surface area contributed by atoms with Gasteiger partial charge in [-0.05, 0) is 31.5 Å². The van der Waals surface area contributed by atoms with Gasteiger partial charge in [0.05, 0.1) is 29.2 Å². The number of para-hydroxylation sites is 1. The van der Waals surface area contributed by atoms with Gasteiger partial charge in [-0.2, -0.15) is 5.10 Å². The fourth-order valence-electron chi connectivity index (χ4n) is 3.87. The third kappa shape index (κ3) is 2.97. The number of aryl methyl sites for hydroxylation is 1. The average molecular weight is 358 g/mol. The molecule has 136 valence electrons. The van der Waals surface area contributed by atoms with Crippen molar-refractivity contribution < 1.29 is 9.53 Å². The molecule has 4 heteroatoms. The van der Waals surface area contributed by atoms with Crippen LogP contribution in [0.1, 0.15) is 35.4 Å². The van der Waals surface area contributed by atoms with E-state index < -0.39 is 0 Å². The molecule has 1 aliphatic rings. The smallest absolute Gasteiger partial charge is 0.150 e. The van der Waals surface area contributed by atoms with Crippen molar-refractivity contribution in [2.75, 3.05) is 6.61 Å². The molecule has 0 N–H and O–H groups in total. The molecule has 0 saturated heterocycles. The molecule has 0 bridgehead atoms. The van der Waals surface area contributed by atoms with Crippen LogP contribution < -0.4 is 0 Å². The van der Waals surface area contributed by atoms with Gasteiger partial charge in [-0.15, -0.1) is 0 Å². The average Bonchev–Trinajstić information content (AvgIpc) is 3.05. The molecule has 1 heterocycles. The molecule has 2 aromatic carbocycles. The Morgan fingerprint density at radius 2 is 1.78 bits per heavy atom. The minimum atomic E-state index is -0.0451. The lowest BCUT2D eigenvalue weighted by Gasteiger charge is -2.27. The van der Waals surface area contributed by atoms with Crippen molar-refractivity contribution in [1.29, 1.82) is 0 Å². The van der Waals surface area contributed by atoms with Gasteiger partial charge in [0.25, 0.3) is 0 Å². The predicted octanol–water partition coefficient (Wildman–Crippen LogP) is 4.47. The topological polar surface area (TPSA) is 44.1 Å². The summed E-state index contributed by atoms with van der Waals surface area (Å²) in [5.41, 5.74) is 5.74. The van der Waals surface area contributed by atoms with Crippen molar-refractivity contribution in [1.82, 2.24) is 9.78 Å². The first kappa shape index (κ1) is 17.3. The molecule has 0 radical (unpaired) electrons. The summed E-state index contributed by atoms with van der Waals surface area (Å²) in [6, 6.07) is 20.2. The predicted molar refractivity (Wildman–Crippen MR) is 106 cm³/mol. The summed E-state index contributed by atoms with van der Waals surface area (Å²) in [6.45, 7) is 4.42. The van der Waals surface area contributed by atoms with Crippen LogP contribution in [-0.4, -0.2) is 22.7 Å². The van der Waals surface area contributed by atoms with Crippen LogP contribution in [0, 0.1) is 6.92 Å². The third-order valence-corrected chi connectivity index (χ3v) is 5.04. The van der Waals surface area contributed by atoms with E-state index in [1.54, 1.807) is 0 Å². The molecular formula is C23H22N2O2. The summed E-state index contributed by atoms with van der Waals surface area (Å²) in [5, 5.41) is 4.78. The van der Waals surface area contributed by atoms with Crippen LogP contribution in [0.5, 0.6) is 0 Å². The molecule has 1 aliphatic carbocycles. The molecule has 4 nitrogen and oxygen atoms in total. The Bertz CT molecular complexity index is 988. The summed E-state index contributed by atoms with van der Waals surface area (Å²) < 4.78 is 7.98. The van der Waals surface area contributed by atoms with Crippen molar-refractivity contribution in [2.45, 2.75) is 26.2 Å². The third-order valence-electron chi connectivity index (χ3n) is 5.04. The normalized spacial score (nSPS) is 16.1. The summed E-state index contributed by atoms with van der Waals surface area (Å²) in [4.78, 5) is 12.1. The van der Waals surface area contributed by atoms with Crippen LogP contribution in [-0.2, 0) is 16.0 Å². The largest absolute Gasteiger partial charge is 0.493 e. The molecular weight excluding hydrogens is 336 g/mol. The second-order valence-corrected chi connectivity index (χ2v) is 6.66. The quantitative estimate of drug-likeness (QED) is 0.632. The first-order valence-corrected chi connectivity index (χ1v) is 9.26. The van der Waals surface area contributed by atoms with Crippen LogP contribution >= 0.6 is 0 Å². The minimum Gasteiger partial charge on any atom is -0.493 e. The van der Waals surface area contributed by atoms with E-state index in [2.05, 4.69) is 12.1 Å². The summed E-state index contributed by atoms with van der Waals surface area (Å²) in [7, 11) is 0. The number of rotatable bonds is 5. The maximum absolute atomic E-state index is 12.1. The van der Waals surface area contributed by atoms with E-state index in [1.807, 2.05) is 67.1 Å². The van der Waals surface area contributed by atoms with E-state index in [4.69, 9.17) is 9.84 Å². The van der Waals surface area contributed by atoms with Crippen LogP contribution in [0.15, 0.2) is 66.2 Å². The first-order valence-electron chi connectivity index (χ1n) is 9.26. The summed E-state index contributed by atoms with van der Waals surface area (Å²) in [6.07, 6.45) is 1.66. The molecule has 0 fully saturated rings. The van der Waals surface area contributed by atoms with E-state index in [9.17, 15) is 4.79 Å². The standard InChI is InChI=1S/C23H22N2O2/c1-3-27-23-20(15-26)19(17-10-6-4-7-11-17)14-21-22(23)16(2)24-25(21)18-12-8-5-9-13-18/h4-13,15,19H,3,14H2,1-2H3. The first-order chi connectivity index (χ1) is 13.2. The molecule has 0 amide bonds. The highest BCUT2D eigenvalue weighted by Crippen LogP contribution is 2.42. The number of nitrogens with zero attached hydrogens (tertiary/aromatic N) is 2. The SMILES string of the molecule is CCOC1=C(C=O)C(c2ccccc2)Cc2c1c(C)nn2-c1ccccc1. The molecule has 0 spiro atoms. The van der Waals surface area contributed by atoms with Crippen molar-refractivity contribution in [2.24, 2.45) is 0 Å². The lowest BCUT2D eigenvalue weighted by atomic mass is 9.80.